The molecule has 0 saturated heterocycles. The van der Waals surface area contributed by atoms with Crippen LogP contribution in [0.3, 0.4) is 0 Å². The minimum absolute atomic E-state index is 0.338. The molecular formula is C19H16N6O2. The molecule has 2 N–H and O–H groups in total. The fourth-order valence-corrected chi connectivity index (χ4v) is 2.75. The molecule has 0 spiro atoms. The minimum Gasteiger partial charge on any atom is -0.324 e. The summed E-state index contributed by atoms with van der Waals surface area (Å²) in [5.74, 6) is -0.338. The summed E-state index contributed by atoms with van der Waals surface area (Å²) >= 11 is 0. The van der Waals surface area contributed by atoms with E-state index in [0.717, 1.165) is 16.5 Å². The molecule has 8 heteroatoms. The Labute approximate surface area is 153 Å². The number of hydrogen-bond donors (Lipinski definition) is 2. The van der Waals surface area contributed by atoms with Gasteiger partial charge in [0.2, 0.25) is 5.91 Å². The second kappa shape index (κ2) is 6.83. The SMILES string of the molecule is CC(C(=O)Nc1ccc2cn[nH]c2c1)n1nc(-c2ccncc2)ccc1=O. The van der Waals surface area contributed by atoms with E-state index in [-0.39, 0.29) is 11.5 Å². The second-order valence-corrected chi connectivity index (χ2v) is 6.07. The number of carbonyl (C=O) groups excluding carboxylic acids is 1. The van der Waals surface area contributed by atoms with Crippen molar-refractivity contribution in [3.63, 3.8) is 0 Å². The van der Waals surface area contributed by atoms with Crippen LogP contribution in [-0.2, 0) is 4.79 Å². The van der Waals surface area contributed by atoms with Gasteiger partial charge < -0.3 is 5.32 Å². The van der Waals surface area contributed by atoms with Crippen molar-refractivity contribution in [2.75, 3.05) is 5.32 Å². The van der Waals surface area contributed by atoms with Gasteiger partial charge in [-0.05, 0) is 43.3 Å². The van der Waals surface area contributed by atoms with Crippen LogP contribution in [-0.4, -0.2) is 30.9 Å². The Morgan fingerprint density at radius 3 is 2.78 bits per heavy atom. The van der Waals surface area contributed by atoms with E-state index in [0.29, 0.717) is 11.4 Å². The maximum absolute atomic E-state index is 12.6. The van der Waals surface area contributed by atoms with E-state index < -0.39 is 6.04 Å². The molecule has 0 saturated carbocycles. The van der Waals surface area contributed by atoms with Crippen LogP contribution in [0.1, 0.15) is 13.0 Å². The van der Waals surface area contributed by atoms with E-state index in [2.05, 4.69) is 25.6 Å². The molecule has 0 aliphatic carbocycles. The first-order valence-corrected chi connectivity index (χ1v) is 8.36. The number of nitrogens with zero attached hydrogens (tertiary/aromatic N) is 4. The van der Waals surface area contributed by atoms with E-state index in [1.165, 1.54) is 10.7 Å². The van der Waals surface area contributed by atoms with Crippen LogP contribution in [0.15, 0.2) is 65.8 Å². The van der Waals surface area contributed by atoms with Crippen molar-refractivity contribution in [3.8, 4) is 11.3 Å². The fourth-order valence-electron chi connectivity index (χ4n) is 2.75. The summed E-state index contributed by atoms with van der Waals surface area (Å²) in [5, 5.41) is 14.9. The van der Waals surface area contributed by atoms with E-state index in [1.54, 1.807) is 55.8 Å². The van der Waals surface area contributed by atoms with Gasteiger partial charge in [0, 0.05) is 35.1 Å². The number of aromatic nitrogens is 5. The van der Waals surface area contributed by atoms with Crippen molar-refractivity contribution in [2.24, 2.45) is 0 Å². The molecule has 0 bridgehead atoms. The topological polar surface area (TPSA) is 106 Å². The monoisotopic (exact) mass is 360 g/mol. The molecule has 27 heavy (non-hydrogen) atoms. The highest BCUT2D eigenvalue weighted by Crippen LogP contribution is 2.18. The molecule has 8 nitrogen and oxygen atoms in total. The molecule has 4 aromatic rings. The van der Waals surface area contributed by atoms with Crippen molar-refractivity contribution in [1.82, 2.24) is 25.0 Å². The third-order valence-electron chi connectivity index (χ3n) is 4.26. The molecule has 134 valence electrons. The number of fused-ring (bicyclic) bond motifs is 1. The average Bonchev–Trinajstić information content (AvgIpc) is 3.16. The molecule has 0 fully saturated rings. The minimum atomic E-state index is -0.781. The van der Waals surface area contributed by atoms with Gasteiger partial charge >= 0.3 is 0 Å². The third kappa shape index (κ3) is 3.32. The second-order valence-electron chi connectivity index (χ2n) is 6.07. The molecule has 1 unspecified atom stereocenters. The van der Waals surface area contributed by atoms with Gasteiger partial charge in [0.1, 0.15) is 6.04 Å². The lowest BCUT2D eigenvalue weighted by Gasteiger charge is -2.15. The lowest BCUT2D eigenvalue weighted by molar-refractivity contribution is -0.119. The Balaban J connectivity index is 1.60. The predicted molar refractivity (Wildman–Crippen MR) is 101 cm³/mol. The predicted octanol–water partition coefficient (Wildman–Crippen LogP) is 2.38. The highest BCUT2D eigenvalue weighted by Gasteiger charge is 2.18. The largest absolute Gasteiger partial charge is 0.324 e. The van der Waals surface area contributed by atoms with Crippen molar-refractivity contribution < 1.29 is 4.79 Å². The van der Waals surface area contributed by atoms with E-state index in [1.807, 2.05) is 6.07 Å². The Bertz CT molecular complexity index is 1170. The number of aromatic amines is 1. The van der Waals surface area contributed by atoms with Crippen molar-refractivity contribution in [1.29, 1.82) is 0 Å². The zero-order valence-corrected chi connectivity index (χ0v) is 14.5. The summed E-state index contributed by atoms with van der Waals surface area (Å²) in [6, 6.07) is 11.3. The Morgan fingerprint density at radius 2 is 1.96 bits per heavy atom. The lowest BCUT2D eigenvalue weighted by atomic mass is 10.2. The third-order valence-corrected chi connectivity index (χ3v) is 4.26. The number of rotatable bonds is 4. The molecule has 1 amide bonds. The number of hydrogen-bond acceptors (Lipinski definition) is 5. The van der Waals surface area contributed by atoms with Crippen LogP contribution in [0.4, 0.5) is 5.69 Å². The maximum atomic E-state index is 12.6. The van der Waals surface area contributed by atoms with Gasteiger partial charge in [-0.3, -0.25) is 19.7 Å². The molecule has 3 aromatic heterocycles. The molecule has 3 heterocycles. The Hall–Kier alpha value is -3.81. The summed E-state index contributed by atoms with van der Waals surface area (Å²) in [6.07, 6.45) is 5.00. The van der Waals surface area contributed by atoms with Gasteiger partial charge in [-0.15, -0.1) is 0 Å². The highest BCUT2D eigenvalue weighted by atomic mass is 16.2. The first kappa shape index (κ1) is 16.6. The van der Waals surface area contributed by atoms with Crippen LogP contribution in [0.2, 0.25) is 0 Å². The zero-order valence-electron chi connectivity index (χ0n) is 14.5. The van der Waals surface area contributed by atoms with Crippen LogP contribution >= 0.6 is 0 Å². The van der Waals surface area contributed by atoms with Gasteiger partial charge in [-0.2, -0.15) is 10.2 Å². The summed E-state index contributed by atoms with van der Waals surface area (Å²) < 4.78 is 1.18. The van der Waals surface area contributed by atoms with Crippen LogP contribution < -0.4 is 10.9 Å². The van der Waals surface area contributed by atoms with Crippen molar-refractivity contribution in [2.45, 2.75) is 13.0 Å². The van der Waals surface area contributed by atoms with E-state index in [9.17, 15) is 9.59 Å². The highest BCUT2D eigenvalue weighted by molar-refractivity contribution is 5.95. The lowest BCUT2D eigenvalue weighted by Crippen LogP contribution is -2.33. The average molecular weight is 360 g/mol. The van der Waals surface area contributed by atoms with E-state index in [4.69, 9.17) is 0 Å². The molecule has 1 atom stereocenters. The number of amides is 1. The van der Waals surface area contributed by atoms with E-state index >= 15 is 0 Å². The summed E-state index contributed by atoms with van der Waals surface area (Å²) in [6.45, 7) is 1.63. The summed E-state index contributed by atoms with van der Waals surface area (Å²) in [5.41, 5.74) is 2.49. The quantitative estimate of drug-likeness (QED) is 0.581. The van der Waals surface area contributed by atoms with Gasteiger partial charge in [0.25, 0.3) is 5.56 Å². The number of nitrogens with one attached hydrogen (secondary N) is 2. The van der Waals surface area contributed by atoms with Crippen LogP contribution in [0.5, 0.6) is 0 Å². The van der Waals surface area contributed by atoms with Crippen molar-refractivity contribution in [3.05, 3.63) is 71.4 Å². The number of benzene rings is 1. The Morgan fingerprint density at radius 1 is 1.15 bits per heavy atom. The Kier molecular flexibility index (Phi) is 4.21. The number of pyridine rings is 1. The number of H-pyrrole nitrogens is 1. The van der Waals surface area contributed by atoms with Gasteiger partial charge in [-0.1, -0.05) is 0 Å². The molecular weight excluding hydrogens is 344 g/mol. The standard InChI is InChI=1S/C19H16N6O2/c1-12(19(27)22-15-3-2-14-11-21-23-17(14)10-15)25-18(26)5-4-16(24-25)13-6-8-20-9-7-13/h2-12H,1H3,(H,21,23)(H,22,27). The number of carbonyl (C=O) groups is 1. The summed E-state index contributed by atoms with van der Waals surface area (Å²) in [7, 11) is 0. The zero-order chi connectivity index (χ0) is 18.8. The van der Waals surface area contributed by atoms with Crippen LogP contribution in [0, 0.1) is 0 Å². The maximum Gasteiger partial charge on any atom is 0.267 e. The van der Waals surface area contributed by atoms with Gasteiger partial charge in [0.15, 0.2) is 0 Å². The normalized spacial score (nSPS) is 12.0. The van der Waals surface area contributed by atoms with Crippen LogP contribution in [0.25, 0.3) is 22.2 Å². The van der Waals surface area contributed by atoms with Gasteiger partial charge in [0.05, 0.1) is 17.4 Å². The molecule has 4 rings (SSSR count). The molecule has 0 aliphatic heterocycles. The van der Waals surface area contributed by atoms with Gasteiger partial charge in [-0.25, -0.2) is 4.68 Å². The molecule has 0 radical (unpaired) electrons. The first-order chi connectivity index (χ1) is 13.1. The summed E-state index contributed by atoms with van der Waals surface area (Å²) in [4.78, 5) is 28.8. The smallest absolute Gasteiger partial charge is 0.267 e. The first-order valence-electron chi connectivity index (χ1n) is 8.36. The van der Waals surface area contributed by atoms with Crippen molar-refractivity contribution >= 4 is 22.5 Å². The molecule has 1 aromatic carbocycles. The number of anilines is 1. The fraction of sp³-hybridized carbons (Fsp3) is 0.105. The molecule has 0 aliphatic rings.